The first kappa shape index (κ1) is 13.1. The molecule has 0 unspecified atom stereocenters. The smallest absolute Gasteiger partial charge is 0.191 e. The molecule has 1 aromatic carbocycles. The van der Waals surface area contributed by atoms with Gasteiger partial charge in [-0.05, 0) is 12.1 Å². The first-order chi connectivity index (χ1) is 8.65. The number of carbonyl (C=O) groups is 1. The van der Waals surface area contributed by atoms with Gasteiger partial charge in [0.2, 0.25) is 0 Å². The minimum atomic E-state index is 0.0664. The highest BCUT2D eigenvalue weighted by Gasteiger charge is 2.14. The number of ether oxygens (including phenoxy) is 1. The van der Waals surface area contributed by atoms with Gasteiger partial charge in [0, 0.05) is 15.7 Å². The maximum atomic E-state index is 12.0. The quantitative estimate of drug-likeness (QED) is 0.605. The van der Waals surface area contributed by atoms with Gasteiger partial charge in [0.15, 0.2) is 11.7 Å². The summed E-state index contributed by atoms with van der Waals surface area (Å²) in [6.45, 7) is 5.58. The standard InChI is InChI=1S/C14H17NO2S/c1-10(2)18-12-5-3-11(4-6-12)13(16)9-14-15-7-8-17-14/h3-6,10H,7-9H2,1-2H3. The number of rotatable bonds is 5. The summed E-state index contributed by atoms with van der Waals surface area (Å²) in [7, 11) is 0. The minimum absolute atomic E-state index is 0.0664. The number of nitrogens with zero attached hydrogens (tertiary/aromatic N) is 1. The van der Waals surface area contributed by atoms with Crippen molar-refractivity contribution < 1.29 is 9.53 Å². The molecule has 96 valence electrons. The molecular formula is C14H17NO2S. The number of benzene rings is 1. The molecule has 2 rings (SSSR count). The Labute approximate surface area is 112 Å². The summed E-state index contributed by atoms with van der Waals surface area (Å²) in [6, 6.07) is 7.75. The molecule has 3 nitrogen and oxygen atoms in total. The molecule has 0 amide bonds. The molecule has 0 N–H and O–H groups in total. The lowest BCUT2D eigenvalue weighted by atomic mass is 10.1. The van der Waals surface area contributed by atoms with E-state index >= 15 is 0 Å². The van der Waals surface area contributed by atoms with Gasteiger partial charge in [0.25, 0.3) is 0 Å². The van der Waals surface area contributed by atoms with E-state index in [4.69, 9.17) is 4.74 Å². The number of ketones is 1. The van der Waals surface area contributed by atoms with Crippen LogP contribution in [0.5, 0.6) is 0 Å². The van der Waals surface area contributed by atoms with Gasteiger partial charge in [-0.15, -0.1) is 11.8 Å². The van der Waals surface area contributed by atoms with E-state index in [0.29, 0.717) is 24.3 Å². The second-order valence-electron chi connectivity index (χ2n) is 4.41. The summed E-state index contributed by atoms with van der Waals surface area (Å²) in [5, 5.41) is 0.549. The fourth-order valence-corrected chi connectivity index (χ4v) is 2.55. The molecule has 0 radical (unpaired) electrons. The largest absolute Gasteiger partial charge is 0.479 e. The Morgan fingerprint density at radius 2 is 2.11 bits per heavy atom. The van der Waals surface area contributed by atoms with E-state index in [9.17, 15) is 4.79 Å². The van der Waals surface area contributed by atoms with Crippen LogP contribution in [0.4, 0.5) is 0 Å². The second-order valence-corrected chi connectivity index (χ2v) is 6.06. The molecular weight excluding hydrogens is 246 g/mol. The molecule has 0 bridgehead atoms. The molecule has 4 heteroatoms. The van der Waals surface area contributed by atoms with Gasteiger partial charge in [0.05, 0.1) is 13.0 Å². The monoisotopic (exact) mass is 263 g/mol. The summed E-state index contributed by atoms with van der Waals surface area (Å²) in [5.74, 6) is 0.636. The molecule has 1 aliphatic rings. The Balaban J connectivity index is 1.98. The lowest BCUT2D eigenvalue weighted by Crippen LogP contribution is -2.08. The van der Waals surface area contributed by atoms with Crippen LogP contribution in [0.15, 0.2) is 34.2 Å². The fourth-order valence-electron chi connectivity index (χ4n) is 1.72. The van der Waals surface area contributed by atoms with Crippen molar-refractivity contribution in [2.45, 2.75) is 30.4 Å². The van der Waals surface area contributed by atoms with Crippen molar-refractivity contribution in [1.29, 1.82) is 0 Å². The third-order valence-corrected chi connectivity index (χ3v) is 3.52. The SMILES string of the molecule is CC(C)Sc1ccc(C(=O)CC2=NCCO2)cc1. The van der Waals surface area contributed by atoms with Crippen LogP contribution in [-0.4, -0.2) is 30.1 Å². The van der Waals surface area contributed by atoms with Crippen LogP contribution in [-0.2, 0) is 4.74 Å². The second kappa shape index (κ2) is 6.05. The van der Waals surface area contributed by atoms with E-state index < -0.39 is 0 Å². The van der Waals surface area contributed by atoms with E-state index in [2.05, 4.69) is 18.8 Å². The van der Waals surface area contributed by atoms with Crippen molar-refractivity contribution in [2.24, 2.45) is 4.99 Å². The summed E-state index contributed by atoms with van der Waals surface area (Å²) >= 11 is 1.79. The number of Topliss-reactive ketones (excluding diaryl/α,β-unsaturated/α-hetero) is 1. The van der Waals surface area contributed by atoms with Crippen LogP contribution in [0.1, 0.15) is 30.6 Å². The molecule has 0 aromatic heterocycles. The Bertz CT molecular complexity index is 451. The molecule has 1 aromatic rings. The third-order valence-electron chi connectivity index (χ3n) is 2.51. The van der Waals surface area contributed by atoms with Crippen LogP contribution >= 0.6 is 11.8 Å². The topological polar surface area (TPSA) is 38.7 Å². The molecule has 0 aliphatic carbocycles. The molecule has 0 spiro atoms. The van der Waals surface area contributed by atoms with Crippen molar-refractivity contribution in [2.75, 3.05) is 13.2 Å². The van der Waals surface area contributed by atoms with Crippen molar-refractivity contribution >= 4 is 23.4 Å². The number of hydrogen-bond donors (Lipinski definition) is 0. The zero-order chi connectivity index (χ0) is 13.0. The Morgan fingerprint density at radius 3 is 2.67 bits per heavy atom. The molecule has 1 heterocycles. The van der Waals surface area contributed by atoms with Gasteiger partial charge in [0.1, 0.15) is 6.61 Å². The highest BCUT2D eigenvalue weighted by molar-refractivity contribution is 7.99. The van der Waals surface area contributed by atoms with Crippen molar-refractivity contribution in [3.63, 3.8) is 0 Å². The molecule has 1 aliphatic heterocycles. The van der Waals surface area contributed by atoms with E-state index in [1.54, 1.807) is 11.8 Å². The number of hydrogen-bond acceptors (Lipinski definition) is 4. The van der Waals surface area contributed by atoms with Crippen LogP contribution in [0.3, 0.4) is 0 Å². The van der Waals surface area contributed by atoms with Crippen LogP contribution in [0.2, 0.25) is 0 Å². The van der Waals surface area contributed by atoms with E-state index in [0.717, 1.165) is 5.56 Å². The summed E-state index contributed by atoms with van der Waals surface area (Å²) in [4.78, 5) is 17.3. The Morgan fingerprint density at radius 1 is 1.39 bits per heavy atom. The van der Waals surface area contributed by atoms with Crippen molar-refractivity contribution in [3.8, 4) is 0 Å². The predicted octanol–water partition coefficient (Wildman–Crippen LogP) is 3.19. The average molecular weight is 263 g/mol. The summed E-state index contributed by atoms with van der Waals surface area (Å²) in [5.41, 5.74) is 0.723. The van der Waals surface area contributed by atoms with Gasteiger partial charge in [-0.25, -0.2) is 0 Å². The average Bonchev–Trinajstić information content (AvgIpc) is 2.82. The van der Waals surface area contributed by atoms with Crippen molar-refractivity contribution in [3.05, 3.63) is 29.8 Å². The summed E-state index contributed by atoms with van der Waals surface area (Å²) < 4.78 is 5.25. The molecule has 0 atom stereocenters. The van der Waals surface area contributed by atoms with Gasteiger partial charge in [-0.3, -0.25) is 9.79 Å². The third kappa shape index (κ3) is 3.60. The first-order valence-corrected chi connectivity index (χ1v) is 6.99. The normalized spacial score (nSPS) is 14.5. The maximum absolute atomic E-state index is 12.0. The van der Waals surface area contributed by atoms with Crippen LogP contribution in [0, 0.1) is 0 Å². The molecule has 0 saturated carbocycles. The lowest BCUT2D eigenvalue weighted by Gasteiger charge is -2.06. The van der Waals surface area contributed by atoms with Gasteiger partial charge >= 0.3 is 0 Å². The highest BCUT2D eigenvalue weighted by atomic mass is 32.2. The van der Waals surface area contributed by atoms with E-state index in [1.807, 2.05) is 24.3 Å². The predicted molar refractivity (Wildman–Crippen MR) is 74.6 cm³/mol. The van der Waals surface area contributed by atoms with E-state index in [-0.39, 0.29) is 12.2 Å². The summed E-state index contributed by atoms with van der Waals surface area (Å²) in [6.07, 6.45) is 0.274. The van der Waals surface area contributed by atoms with Crippen LogP contribution < -0.4 is 0 Å². The van der Waals surface area contributed by atoms with Gasteiger partial charge in [-0.2, -0.15) is 0 Å². The maximum Gasteiger partial charge on any atom is 0.191 e. The molecule has 18 heavy (non-hydrogen) atoms. The van der Waals surface area contributed by atoms with Gasteiger partial charge in [-0.1, -0.05) is 26.0 Å². The van der Waals surface area contributed by atoms with Crippen LogP contribution in [0.25, 0.3) is 0 Å². The Kier molecular flexibility index (Phi) is 4.42. The number of thioether (sulfide) groups is 1. The highest BCUT2D eigenvalue weighted by Crippen LogP contribution is 2.23. The number of aliphatic imine (C=N–C) groups is 1. The van der Waals surface area contributed by atoms with Crippen molar-refractivity contribution in [1.82, 2.24) is 0 Å². The zero-order valence-electron chi connectivity index (χ0n) is 10.7. The molecule has 0 saturated heterocycles. The number of carbonyl (C=O) groups excluding carboxylic acids is 1. The lowest BCUT2D eigenvalue weighted by molar-refractivity contribution is 0.0994. The fraction of sp³-hybridized carbons (Fsp3) is 0.429. The zero-order valence-corrected chi connectivity index (χ0v) is 11.5. The van der Waals surface area contributed by atoms with E-state index in [1.165, 1.54) is 4.90 Å². The molecule has 0 fully saturated rings. The van der Waals surface area contributed by atoms with Gasteiger partial charge < -0.3 is 4.74 Å². The first-order valence-electron chi connectivity index (χ1n) is 6.11. The Hall–Kier alpha value is -1.29. The minimum Gasteiger partial charge on any atom is -0.479 e.